The van der Waals surface area contributed by atoms with Crippen LogP contribution in [0.5, 0.6) is 0 Å². The van der Waals surface area contributed by atoms with Crippen LogP contribution >= 0.6 is 11.8 Å². The molecular weight excluding hydrogens is 200 g/mol. The maximum absolute atomic E-state index is 3.79. The van der Waals surface area contributed by atoms with E-state index in [2.05, 4.69) is 38.0 Å². The van der Waals surface area contributed by atoms with Gasteiger partial charge in [0.25, 0.3) is 0 Å². The van der Waals surface area contributed by atoms with Crippen LogP contribution in [0.2, 0.25) is 0 Å². The van der Waals surface area contributed by atoms with Crippen molar-refractivity contribution in [3.8, 4) is 0 Å². The fourth-order valence-electron chi connectivity index (χ4n) is 1.09. The third-order valence-corrected chi connectivity index (χ3v) is 2.50. The van der Waals surface area contributed by atoms with Crippen LogP contribution < -0.4 is 0 Å². The van der Waals surface area contributed by atoms with Crippen molar-refractivity contribution in [2.24, 2.45) is 0 Å². The summed E-state index contributed by atoms with van der Waals surface area (Å²) >= 11 is 1.76. The van der Waals surface area contributed by atoms with Gasteiger partial charge in [0.2, 0.25) is 0 Å². The summed E-state index contributed by atoms with van der Waals surface area (Å²) in [6.07, 6.45) is 4.00. The number of hydrogen-bond acceptors (Lipinski definition) is 1. The lowest BCUT2D eigenvalue weighted by atomic mass is 10.1. The minimum Gasteiger partial charge on any atom is -0.129 e. The third kappa shape index (κ3) is 5.68. The summed E-state index contributed by atoms with van der Waals surface area (Å²) in [4.78, 5) is 1.31. The Bertz CT molecular complexity index is 264. The van der Waals surface area contributed by atoms with Crippen molar-refractivity contribution in [3.05, 3.63) is 35.9 Å². The molecule has 0 saturated heterocycles. The highest BCUT2D eigenvalue weighted by Gasteiger charge is 1.98. The average Bonchev–Trinajstić information content (AvgIpc) is 2.33. The van der Waals surface area contributed by atoms with Crippen molar-refractivity contribution in [1.29, 1.82) is 0 Å². The average molecular weight is 224 g/mol. The Morgan fingerprint density at radius 2 is 1.67 bits per heavy atom. The second-order valence-corrected chi connectivity index (χ2v) is 3.24. The molecule has 86 valence electrons. The predicted molar refractivity (Wildman–Crippen MR) is 75.7 cm³/mol. The molecule has 0 nitrogen and oxygen atoms in total. The largest absolute Gasteiger partial charge is 0.129 e. The van der Waals surface area contributed by atoms with Gasteiger partial charge in [-0.1, -0.05) is 52.5 Å². The molecule has 0 fully saturated rings. The molecule has 1 rings (SSSR count). The van der Waals surface area contributed by atoms with Crippen molar-refractivity contribution >= 4 is 17.8 Å². The van der Waals surface area contributed by atoms with Gasteiger partial charge in [-0.05, 0) is 30.4 Å². The van der Waals surface area contributed by atoms with E-state index >= 15 is 0 Å². The van der Waals surface area contributed by atoms with Gasteiger partial charge in [0.1, 0.15) is 0 Å². The molecule has 0 N–H and O–H groups in total. The topological polar surface area (TPSA) is 0 Å². The van der Waals surface area contributed by atoms with Gasteiger partial charge in [-0.3, -0.25) is 0 Å². The molecule has 1 heteroatoms. The van der Waals surface area contributed by atoms with Crippen molar-refractivity contribution < 1.29 is 0 Å². The van der Waals surface area contributed by atoms with Crippen LogP contribution in [0, 0.1) is 6.92 Å². The minimum absolute atomic E-state index is 1.26. The van der Waals surface area contributed by atoms with Crippen LogP contribution in [0.3, 0.4) is 0 Å². The third-order valence-electron chi connectivity index (χ3n) is 1.71. The Labute approximate surface area is 99.8 Å². The summed E-state index contributed by atoms with van der Waals surface area (Å²) in [5.41, 5.74) is 2.56. The highest BCUT2D eigenvalue weighted by atomic mass is 32.2. The first-order chi connectivity index (χ1) is 7.29. The molecule has 0 aliphatic carbocycles. The highest BCUT2D eigenvalue weighted by Crippen LogP contribution is 2.23. The van der Waals surface area contributed by atoms with E-state index in [-0.39, 0.29) is 0 Å². The van der Waals surface area contributed by atoms with Gasteiger partial charge in [0, 0.05) is 4.90 Å². The lowest BCUT2D eigenvalue weighted by Crippen LogP contribution is -1.82. The molecule has 0 atom stereocenters. The Balaban J connectivity index is 0. The van der Waals surface area contributed by atoms with E-state index in [1.807, 2.05) is 33.8 Å². The van der Waals surface area contributed by atoms with E-state index < -0.39 is 0 Å². The Hall–Kier alpha value is -0.690. The molecule has 0 bridgehead atoms. The van der Waals surface area contributed by atoms with Gasteiger partial charge < -0.3 is 0 Å². The molecule has 0 aliphatic rings. The van der Waals surface area contributed by atoms with Gasteiger partial charge in [-0.15, -0.1) is 11.8 Å². The van der Waals surface area contributed by atoms with Crippen LogP contribution in [0.4, 0.5) is 0 Å². The van der Waals surface area contributed by atoms with Gasteiger partial charge in [-0.25, -0.2) is 0 Å². The number of rotatable bonds is 2. The molecular formula is C14H24S. The Kier molecular flexibility index (Phi) is 12.7. The Morgan fingerprint density at radius 1 is 1.13 bits per heavy atom. The van der Waals surface area contributed by atoms with Gasteiger partial charge in [0.05, 0.1) is 0 Å². The second kappa shape index (κ2) is 11.4. The van der Waals surface area contributed by atoms with E-state index in [9.17, 15) is 0 Å². The first-order valence-electron chi connectivity index (χ1n) is 5.55. The molecule has 0 amide bonds. The molecule has 1 aromatic carbocycles. The monoisotopic (exact) mass is 224 g/mol. The molecule has 0 radical (unpaired) electrons. The van der Waals surface area contributed by atoms with E-state index in [4.69, 9.17) is 0 Å². The first-order valence-corrected chi connectivity index (χ1v) is 6.78. The number of aryl methyl sites for hydroxylation is 1. The summed E-state index contributed by atoms with van der Waals surface area (Å²) in [5.74, 6) is 0. The van der Waals surface area contributed by atoms with Gasteiger partial charge >= 0.3 is 0 Å². The molecule has 15 heavy (non-hydrogen) atoms. The van der Waals surface area contributed by atoms with E-state index in [1.54, 1.807) is 11.8 Å². The Morgan fingerprint density at radius 3 is 2.00 bits per heavy atom. The minimum atomic E-state index is 1.26. The van der Waals surface area contributed by atoms with Crippen molar-refractivity contribution in [1.82, 2.24) is 0 Å². The van der Waals surface area contributed by atoms with Crippen molar-refractivity contribution in [2.75, 3.05) is 6.26 Å². The normalized spacial score (nSPS) is 7.87. The summed E-state index contributed by atoms with van der Waals surface area (Å²) in [6, 6.07) is 6.31. The maximum Gasteiger partial charge on any atom is 0.0144 e. The fourth-order valence-corrected chi connectivity index (χ4v) is 1.77. The number of hydrogen-bond donors (Lipinski definition) is 0. The zero-order valence-electron chi connectivity index (χ0n) is 10.9. The molecule has 0 saturated carbocycles. The van der Waals surface area contributed by atoms with E-state index in [1.165, 1.54) is 16.0 Å². The fraction of sp³-hybridized carbons (Fsp3) is 0.429. The zero-order chi connectivity index (χ0) is 12.3. The lowest BCUT2D eigenvalue weighted by Gasteiger charge is -2.04. The molecule has 0 aliphatic heterocycles. The van der Waals surface area contributed by atoms with Gasteiger partial charge in [0.15, 0.2) is 0 Å². The summed E-state index contributed by atoms with van der Waals surface area (Å²) in [5, 5.41) is 0. The van der Waals surface area contributed by atoms with Crippen molar-refractivity contribution in [3.63, 3.8) is 0 Å². The zero-order valence-corrected chi connectivity index (χ0v) is 11.7. The number of benzene rings is 1. The summed E-state index contributed by atoms with van der Waals surface area (Å²) in [6.45, 7) is 13.9. The van der Waals surface area contributed by atoms with Crippen LogP contribution in [-0.2, 0) is 0 Å². The van der Waals surface area contributed by atoms with Crippen LogP contribution in [0.25, 0.3) is 6.08 Å². The maximum atomic E-state index is 3.79. The molecule has 0 spiro atoms. The lowest BCUT2D eigenvalue weighted by molar-refractivity contribution is 1.33. The predicted octanol–water partition coefficient (Wildman–Crippen LogP) is 5.41. The highest BCUT2D eigenvalue weighted by molar-refractivity contribution is 7.98. The van der Waals surface area contributed by atoms with E-state index in [0.29, 0.717) is 0 Å². The SMILES string of the molecule is C=Cc1c(C)cccc1SC.CC.CC. The van der Waals surface area contributed by atoms with Crippen LogP contribution in [0.1, 0.15) is 38.8 Å². The molecule has 0 aromatic heterocycles. The summed E-state index contributed by atoms with van der Waals surface area (Å²) in [7, 11) is 0. The molecule has 1 aromatic rings. The molecule has 0 unspecified atom stereocenters. The summed E-state index contributed by atoms with van der Waals surface area (Å²) < 4.78 is 0. The smallest absolute Gasteiger partial charge is 0.0144 e. The van der Waals surface area contributed by atoms with Crippen LogP contribution in [0.15, 0.2) is 29.7 Å². The quantitative estimate of drug-likeness (QED) is 0.605. The second-order valence-electron chi connectivity index (χ2n) is 2.39. The first kappa shape index (κ1) is 16.7. The molecule has 0 heterocycles. The van der Waals surface area contributed by atoms with Gasteiger partial charge in [-0.2, -0.15) is 0 Å². The number of thioether (sulfide) groups is 1. The van der Waals surface area contributed by atoms with Crippen LogP contribution in [-0.4, -0.2) is 6.26 Å². The van der Waals surface area contributed by atoms with Crippen molar-refractivity contribution in [2.45, 2.75) is 39.5 Å². The van der Waals surface area contributed by atoms with E-state index in [0.717, 1.165) is 0 Å². The standard InChI is InChI=1S/C10H12S.2C2H6/c1-4-9-8(2)6-5-7-10(9)11-3;2*1-2/h4-7H,1H2,2-3H3;2*1-2H3.